The summed E-state index contributed by atoms with van der Waals surface area (Å²) in [5.74, 6) is 1.02. The second-order valence-electron chi connectivity index (χ2n) is 8.18. The van der Waals surface area contributed by atoms with Crippen LogP contribution in [0, 0.1) is 0 Å². The van der Waals surface area contributed by atoms with Gasteiger partial charge in [0.05, 0.1) is 0 Å². The van der Waals surface area contributed by atoms with Crippen LogP contribution in [0.2, 0.25) is 0 Å². The summed E-state index contributed by atoms with van der Waals surface area (Å²) in [6.45, 7) is 9.32. The fraction of sp³-hybridized carbons (Fsp3) is 0.231. The van der Waals surface area contributed by atoms with E-state index < -0.39 is 0 Å². The molecule has 0 aliphatic rings. The van der Waals surface area contributed by atoms with E-state index in [1.54, 1.807) is 0 Å². The summed E-state index contributed by atoms with van der Waals surface area (Å²) >= 11 is 0. The molecule has 0 unspecified atom stereocenters. The van der Waals surface area contributed by atoms with Crippen LogP contribution in [0.1, 0.15) is 50.7 Å². The van der Waals surface area contributed by atoms with Crippen LogP contribution in [-0.2, 0) is 0 Å². The number of benzene rings is 5. The van der Waals surface area contributed by atoms with Crippen LogP contribution in [0.3, 0.4) is 0 Å². The van der Waals surface area contributed by atoms with Crippen molar-refractivity contribution in [3.05, 3.63) is 71.8 Å². The van der Waals surface area contributed by atoms with Crippen LogP contribution in [-0.4, -0.2) is 0 Å². The highest BCUT2D eigenvalue weighted by Crippen LogP contribution is 2.45. The highest BCUT2D eigenvalue weighted by molar-refractivity contribution is 6.33. The van der Waals surface area contributed by atoms with Gasteiger partial charge in [-0.15, -0.1) is 0 Å². The van der Waals surface area contributed by atoms with Gasteiger partial charge in [0.15, 0.2) is 0 Å². The van der Waals surface area contributed by atoms with E-state index in [0.29, 0.717) is 11.8 Å². The van der Waals surface area contributed by atoms with Gasteiger partial charge in [0.1, 0.15) is 0 Å². The molecule has 5 rings (SSSR count). The fourth-order valence-electron chi connectivity index (χ4n) is 4.87. The van der Waals surface area contributed by atoms with Gasteiger partial charge in [0.25, 0.3) is 0 Å². The summed E-state index contributed by atoms with van der Waals surface area (Å²) in [4.78, 5) is 0. The molecule has 0 aliphatic heterocycles. The molecule has 0 saturated heterocycles. The number of hydrogen-bond acceptors (Lipinski definition) is 0. The Morgan fingerprint density at radius 1 is 0.538 bits per heavy atom. The Morgan fingerprint density at radius 2 is 1.12 bits per heavy atom. The molecule has 0 bridgehead atoms. The van der Waals surface area contributed by atoms with Gasteiger partial charge in [0.2, 0.25) is 0 Å². The zero-order valence-electron chi connectivity index (χ0n) is 15.9. The molecule has 128 valence electrons. The molecule has 0 amide bonds. The predicted molar refractivity (Wildman–Crippen MR) is 116 cm³/mol. The van der Waals surface area contributed by atoms with E-state index in [0.717, 1.165) is 0 Å². The van der Waals surface area contributed by atoms with Gasteiger partial charge in [-0.1, -0.05) is 88.4 Å². The first-order chi connectivity index (χ1) is 12.6. The molecule has 0 nitrogen and oxygen atoms in total. The lowest BCUT2D eigenvalue weighted by Gasteiger charge is -2.23. The third kappa shape index (κ3) is 1.96. The molecule has 0 atom stereocenters. The topological polar surface area (TPSA) is 0 Å². The second-order valence-corrected chi connectivity index (χ2v) is 8.18. The second kappa shape index (κ2) is 5.45. The molecule has 0 heterocycles. The summed E-state index contributed by atoms with van der Waals surface area (Å²) in [7, 11) is 0. The lowest BCUT2D eigenvalue weighted by Crippen LogP contribution is -2.02. The van der Waals surface area contributed by atoms with Crippen molar-refractivity contribution in [3.8, 4) is 0 Å². The van der Waals surface area contributed by atoms with Gasteiger partial charge in [-0.3, -0.25) is 0 Å². The minimum atomic E-state index is 0.500. The monoisotopic (exact) mass is 336 g/mol. The van der Waals surface area contributed by atoms with Crippen LogP contribution in [0.15, 0.2) is 60.7 Å². The molecular formula is C26H24. The summed E-state index contributed by atoms with van der Waals surface area (Å²) in [6, 6.07) is 22.8. The van der Waals surface area contributed by atoms with E-state index in [4.69, 9.17) is 0 Å². The van der Waals surface area contributed by atoms with E-state index in [2.05, 4.69) is 88.4 Å². The van der Waals surface area contributed by atoms with Crippen LogP contribution in [0.4, 0.5) is 0 Å². The zero-order valence-corrected chi connectivity index (χ0v) is 15.9. The molecule has 0 radical (unpaired) electrons. The third-order valence-electron chi connectivity index (χ3n) is 5.90. The van der Waals surface area contributed by atoms with Crippen LogP contribution in [0.5, 0.6) is 0 Å². The smallest absolute Gasteiger partial charge is 0.00233 e. The van der Waals surface area contributed by atoms with Crippen molar-refractivity contribution in [2.45, 2.75) is 39.5 Å². The molecule has 5 aromatic rings. The molecule has 5 aromatic carbocycles. The molecular weight excluding hydrogens is 312 g/mol. The Hall–Kier alpha value is -2.60. The fourth-order valence-corrected chi connectivity index (χ4v) is 4.87. The zero-order chi connectivity index (χ0) is 18.0. The minimum absolute atomic E-state index is 0.500. The van der Waals surface area contributed by atoms with Crippen molar-refractivity contribution >= 4 is 43.1 Å². The molecule has 0 saturated carbocycles. The number of rotatable bonds is 2. The van der Waals surface area contributed by atoms with E-state index in [-0.39, 0.29) is 0 Å². The maximum absolute atomic E-state index is 2.44. The van der Waals surface area contributed by atoms with E-state index >= 15 is 0 Å². The summed E-state index contributed by atoms with van der Waals surface area (Å²) in [5, 5.41) is 11.2. The lowest BCUT2D eigenvalue weighted by molar-refractivity contribution is 0.799. The Bertz CT molecular complexity index is 1270. The first-order valence-electron chi connectivity index (χ1n) is 9.70. The average molecular weight is 336 g/mol. The summed E-state index contributed by atoms with van der Waals surface area (Å²) in [5.41, 5.74) is 3.03. The molecule has 0 aliphatic carbocycles. The van der Waals surface area contributed by atoms with Gasteiger partial charge in [-0.25, -0.2) is 0 Å². The summed E-state index contributed by atoms with van der Waals surface area (Å²) < 4.78 is 0. The van der Waals surface area contributed by atoms with Crippen LogP contribution in [0.25, 0.3) is 43.1 Å². The first kappa shape index (κ1) is 15.6. The van der Waals surface area contributed by atoms with E-state index in [9.17, 15) is 0 Å². The molecule has 0 fully saturated rings. The third-order valence-corrected chi connectivity index (χ3v) is 5.90. The molecule has 0 spiro atoms. The van der Waals surface area contributed by atoms with Crippen molar-refractivity contribution < 1.29 is 0 Å². The Morgan fingerprint density at radius 3 is 1.73 bits per heavy atom. The first-order valence-corrected chi connectivity index (χ1v) is 9.70. The van der Waals surface area contributed by atoms with Gasteiger partial charge >= 0.3 is 0 Å². The lowest BCUT2D eigenvalue weighted by atomic mass is 9.80. The Balaban J connectivity index is 2.22. The van der Waals surface area contributed by atoms with Gasteiger partial charge in [-0.05, 0) is 66.1 Å². The van der Waals surface area contributed by atoms with Gasteiger partial charge in [-0.2, -0.15) is 0 Å². The van der Waals surface area contributed by atoms with Crippen molar-refractivity contribution in [2.75, 3.05) is 0 Å². The molecule has 26 heavy (non-hydrogen) atoms. The maximum atomic E-state index is 2.44. The van der Waals surface area contributed by atoms with Crippen molar-refractivity contribution in [1.29, 1.82) is 0 Å². The van der Waals surface area contributed by atoms with Crippen molar-refractivity contribution in [2.24, 2.45) is 0 Å². The summed E-state index contributed by atoms with van der Waals surface area (Å²) in [6.07, 6.45) is 0. The Kier molecular flexibility index (Phi) is 3.28. The normalized spacial score (nSPS) is 12.5. The SMILES string of the molecule is CC(C)c1cc2cccc3c4cccc5cccc(c(c1C(C)C)c23)c54. The minimum Gasteiger partial charge on any atom is -0.0610 e. The highest BCUT2D eigenvalue weighted by Gasteiger charge is 2.20. The molecule has 0 aromatic heterocycles. The maximum Gasteiger partial charge on any atom is -0.00233 e. The van der Waals surface area contributed by atoms with Gasteiger partial charge in [0, 0.05) is 0 Å². The standard InChI is InChI=1S/C26H24/c1-15(2)22-14-18-10-7-12-20-19-11-5-8-17-9-6-13-21(24(17)19)26(25(18)20)23(22)16(3)4/h5-16H,1-4H3. The number of hydrogen-bond donors (Lipinski definition) is 0. The van der Waals surface area contributed by atoms with E-state index in [1.165, 1.54) is 54.2 Å². The van der Waals surface area contributed by atoms with Gasteiger partial charge < -0.3 is 0 Å². The Labute approximate surface area is 154 Å². The number of fused-ring (bicyclic) bond motifs is 2. The predicted octanol–water partition coefficient (Wildman–Crippen LogP) is 7.98. The van der Waals surface area contributed by atoms with Crippen molar-refractivity contribution in [1.82, 2.24) is 0 Å². The molecule has 0 heteroatoms. The highest BCUT2D eigenvalue weighted by atomic mass is 14.2. The van der Waals surface area contributed by atoms with Crippen LogP contribution < -0.4 is 0 Å². The molecule has 0 N–H and O–H groups in total. The quantitative estimate of drug-likeness (QED) is 0.226. The average Bonchev–Trinajstić information content (AvgIpc) is 2.64. The van der Waals surface area contributed by atoms with Crippen molar-refractivity contribution in [3.63, 3.8) is 0 Å². The van der Waals surface area contributed by atoms with Crippen LogP contribution >= 0.6 is 0 Å². The van der Waals surface area contributed by atoms with E-state index in [1.807, 2.05) is 0 Å². The largest absolute Gasteiger partial charge is 0.0610 e.